The van der Waals surface area contributed by atoms with Crippen molar-refractivity contribution in [3.63, 3.8) is 0 Å². The summed E-state index contributed by atoms with van der Waals surface area (Å²) in [5.74, 6) is 1.31. The summed E-state index contributed by atoms with van der Waals surface area (Å²) in [6.45, 7) is -0.0841. The molecule has 29 heavy (non-hydrogen) atoms. The number of hydrogen-bond acceptors (Lipinski definition) is 5. The number of carbonyl (C=O) groups excluding carboxylic acids is 2. The van der Waals surface area contributed by atoms with Crippen LogP contribution in [0, 0.1) is 0 Å². The number of para-hydroxylation sites is 1. The Morgan fingerprint density at radius 1 is 0.793 bits per heavy atom. The quantitative estimate of drug-likeness (QED) is 0.582. The van der Waals surface area contributed by atoms with Crippen molar-refractivity contribution in [2.45, 2.75) is 0 Å². The van der Waals surface area contributed by atoms with E-state index in [0.29, 0.717) is 34.1 Å². The number of ether oxygens (including phenoxy) is 3. The second kappa shape index (κ2) is 9.41. The van der Waals surface area contributed by atoms with Gasteiger partial charge in [-0.25, -0.2) is 0 Å². The maximum atomic E-state index is 12.4. The van der Waals surface area contributed by atoms with Gasteiger partial charge in [-0.15, -0.1) is 0 Å². The molecule has 0 bridgehead atoms. The van der Waals surface area contributed by atoms with Gasteiger partial charge in [-0.1, -0.05) is 12.1 Å². The van der Waals surface area contributed by atoms with E-state index in [1.54, 1.807) is 79.9 Å². The molecule has 3 aromatic carbocycles. The molecule has 0 radical (unpaired) electrons. The number of benzene rings is 3. The van der Waals surface area contributed by atoms with Gasteiger partial charge >= 0.3 is 0 Å². The number of Topliss-reactive ketones (excluding diaryl/α,β-unsaturated/α-hetero) is 1. The molecule has 0 spiro atoms. The molecule has 0 aromatic heterocycles. The van der Waals surface area contributed by atoms with Crippen LogP contribution in [0.3, 0.4) is 0 Å². The Morgan fingerprint density at radius 3 is 2.10 bits per heavy atom. The normalized spacial score (nSPS) is 10.1. The number of methoxy groups -OCH3 is 2. The molecule has 1 amide bonds. The van der Waals surface area contributed by atoms with Gasteiger partial charge in [0.05, 0.1) is 19.8 Å². The lowest BCUT2D eigenvalue weighted by atomic mass is 10.1. The molecule has 0 aliphatic carbocycles. The summed E-state index contributed by atoms with van der Waals surface area (Å²) in [6.07, 6.45) is 0. The van der Waals surface area contributed by atoms with E-state index in [-0.39, 0.29) is 18.3 Å². The SMILES string of the molecule is COc1ccc(C(=O)COc2ccc(NC(=O)c3ccccc3OC)cc2)cc1. The largest absolute Gasteiger partial charge is 0.497 e. The van der Waals surface area contributed by atoms with Gasteiger partial charge in [0.2, 0.25) is 0 Å². The first-order valence-corrected chi connectivity index (χ1v) is 8.95. The van der Waals surface area contributed by atoms with Gasteiger partial charge in [-0.2, -0.15) is 0 Å². The van der Waals surface area contributed by atoms with Crippen LogP contribution < -0.4 is 19.5 Å². The second-order valence-corrected chi connectivity index (χ2v) is 6.12. The van der Waals surface area contributed by atoms with Crippen molar-refractivity contribution in [3.05, 3.63) is 83.9 Å². The Balaban J connectivity index is 1.57. The number of rotatable bonds is 8. The zero-order valence-corrected chi connectivity index (χ0v) is 16.2. The highest BCUT2D eigenvalue weighted by Crippen LogP contribution is 2.21. The van der Waals surface area contributed by atoms with E-state index in [4.69, 9.17) is 14.2 Å². The van der Waals surface area contributed by atoms with Gasteiger partial charge in [0.25, 0.3) is 5.91 Å². The van der Waals surface area contributed by atoms with E-state index >= 15 is 0 Å². The highest BCUT2D eigenvalue weighted by atomic mass is 16.5. The van der Waals surface area contributed by atoms with Gasteiger partial charge in [-0.05, 0) is 60.7 Å². The molecular formula is C23H21NO5. The van der Waals surface area contributed by atoms with E-state index < -0.39 is 0 Å². The van der Waals surface area contributed by atoms with E-state index in [0.717, 1.165) is 0 Å². The summed E-state index contributed by atoms with van der Waals surface area (Å²) in [5.41, 5.74) is 1.60. The molecular weight excluding hydrogens is 370 g/mol. The Kier molecular flexibility index (Phi) is 6.47. The summed E-state index contributed by atoms with van der Waals surface area (Å²) < 4.78 is 15.8. The molecule has 3 aromatic rings. The molecule has 0 saturated carbocycles. The molecule has 0 aliphatic heterocycles. The van der Waals surface area contributed by atoms with Crippen molar-refractivity contribution >= 4 is 17.4 Å². The number of ketones is 1. The van der Waals surface area contributed by atoms with Gasteiger partial charge in [-0.3, -0.25) is 9.59 Å². The maximum absolute atomic E-state index is 12.4. The second-order valence-electron chi connectivity index (χ2n) is 6.12. The Morgan fingerprint density at radius 2 is 1.45 bits per heavy atom. The van der Waals surface area contributed by atoms with Crippen LogP contribution in [0.15, 0.2) is 72.8 Å². The van der Waals surface area contributed by atoms with Crippen molar-refractivity contribution in [1.82, 2.24) is 0 Å². The lowest BCUT2D eigenvalue weighted by Gasteiger charge is -2.10. The number of amides is 1. The van der Waals surface area contributed by atoms with Gasteiger partial charge < -0.3 is 19.5 Å². The first-order valence-electron chi connectivity index (χ1n) is 8.95. The fourth-order valence-electron chi connectivity index (χ4n) is 2.67. The Bertz CT molecular complexity index is 981. The fraction of sp³-hybridized carbons (Fsp3) is 0.130. The van der Waals surface area contributed by atoms with Crippen molar-refractivity contribution in [3.8, 4) is 17.2 Å². The predicted molar refractivity (Wildman–Crippen MR) is 110 cm³/mol. The van der Waals surface area contributed by atoms with E-state index in [9.17, 15) is 9.59 Å². The van der Waals surface area contributed by atoms with Crippen LogP contribution in [0.4, 0.5) is 5.69 Å². The smallest absolute Gasteiger partial charge is 0.259 e. The van der Waals surface area contributed by atoms with Crippen LogP contribution in [-0.4, -0.2) is 32.5 Å². The van der Waals surface area contributed by atoms with Crippen LogP contribution in [-0.2, 0) is 0 Å². The Hall–Kier alpha value is -3.80. The minimum absolute atomic E-state index is 0.0841. The summed E-state index contributed by atoms with van der Waals surface area (Å²) in [6, 6.07) is 20.6. The molecule has 3 rings (SSSR count). The summed E-state index contributed by atoms with van der Waals surface area (Å²) in [4.78, 5) is 24.6. The van der Waals surface area contributed by atoms with Crippen LogP contribution in [0.1, 0.15) is 20.7 Å². The summed E-state index contributed by atoms with van der Waals surface area (Å²) in [5, 5.41) is 2.81. The zero-order chi connectivity index (χ0) is 20.6. The fourth-order valence-corrected chi connectivity index (χ4v) is 2.67. The van der Waals surface area contributed by atoms with Crippen LogP contribution in [0.25, 0.3) is 0 Å². The number of nitrogens with one attached hydrogen (secondary N) is 1. The van der Waals surface area contributed by atoms with Crippen molar-refractivity contribution in [2.24, 2.45) is 0 Å². The minimum atomic E-state index is -0.272. The average molecular weight is 391 g/mol. The predicted octanol–water partition coefficient (Wildman–Crippen LogP) is 4.22. The van der Waals surface area contributed by atoms with Gasteiger partial charge in [0.15, 0.2) is 12.4 Å². The molecule has 6 heteroatoms. The molecule has 1 N–H and O–H groups in total. The first kappa shape index (κ1) is 19.9. The maximum Gasteiger partial charge on any atom is 0.259 e. The number of carbonyl (C=O) groups is 2. The lowest BCUT2D eigenvalue weighted by Crippen LogP contribution is -2.13. The van der Waals surface area contributed by atoms with E-state index in [1.165, 1.54) is 7.11 Å². The molecule has 0 heterocycles. The standard InChI is InChI=1S/C23H21NO5/c1-27-18-11-7-16(8-12-18)21(25)15-29-19-13-9-17(10-14-19)24-23(26)20-5-3-4-6-22(20)28-2/h3-14H,15H2,1-2H3,(H,24,26). The summed E-state index contributed by atoms with van der Waals surface area (Å²) >= 11 is 0. The molecule has 0 aliphatic rings. The van der Waals surface area contributed by atoms with E-state index in [1.807, 2.05) is 0 Å². The van der Waals surface area contributed by atoms with Crippen molar-refractivity contribution in [1.29, 1.82) is 0 Å². The van der Waals surface area contributed by atoms with Gasteiger partial charge in [0.1, 0.15) is 17.2 Å². The van der Waals surface area contributed by atoms with Crippen LogP contribution >= 0.6 is 0 Å². The molecule has 0 fully saturated rings. The third-order valence-corrected chi connectivity index (χ3v) is 4.25. The average Bonchev–Trinajstić information content (AvgIpc) is 2.78. The Labute approximate surface area is 169 Å². The van der Waals surface area contributed by atoms with Crippen molar-refractivity contribution in [2.75, 3.05) is 26.1 Å². The molecule has 0 unspecified atom stereocenters. The third kappa shape index (κ3) is 5.13. The van der Waals surface area contributed by atoms with Crippen LogP contribution in [0.2, 0.25) is 0 Å². The van der Waals surface area contributed by atoms with E-state index in [2.05, 4.69) is 5.32 Å². The number of anilines is 1. The topological polar surface area (TPSA) is 73.9 Å². The minimum Gasteiger partial charge on any atom is -0.497 e. The molecule has 148 valence electrons. The van der Waals surface area contributed by atoms with Crippen molar-refractivity contribution < 1.29 is 23.8 Å². The zero-order valence-electron chi connectivity index (χ0n) is 16.2. The van der Waals surface area contributed by atoms with Crippen LogP contribution in [0.5, 0.6) is 17.2 Å². The number of hydrogen-bond donors (Lipinski definition) is 1. The molecule has 0 saturated heterocycles. The molecule has 6 nitrogen and oxygen atoms in total. The summed E-state index contributed by atoms with van der Waals surface area (Å²) in [7, 11) is 3.09. The van der Waals surface area contributed by atoms with Gasteiger partial charge in [0, 0.05) is 11.3 Å². The third-order valence-electron chi connectivity index (χ3n) is 4.25. The highest BCUT2D eigenvalue weighted by Gasteiger charge is 2.12. The monoisotopic (exact) mass is 391 g/mol. The lowest BCUT2D eigenvalue weighted by molar-refractivity contribution is 0.0921. The first-order chi connectivity index (χ1) is 14.1. The highest BCUT2D eigenvalue weighted by molar-refractivity contribution is 6.06. The molecule has 0 atom stereocenters.